The van der Waals surface area contributed by atoms with Gasteiger partial charge in [-0.25, -0.2) is 0 Å². The van der Waals surface area contributed by atoms with Crippen LogP contribution < -0.4 is 0 Å². The minimum atomic E-state index is -0.0902. The first-order valence-electron chi connectivity index (χ1n) is 10.5. The van der Waals surface area contributed by atoms with E-state index in [1.165, 1.54) is 38.5 Å². The minimum Gasteiger partial charge on any atom is -0.465 e. The molecule has 0 unspecified atom stereocenters. The highest BCUT2D eigenvalue weighted by Crippen LogP contribution is 2.30. The van der Waals surface area contributed by atoms with Gasteiger partial charge in [0.25, 0.3) is 0 Å². The molecule has 0 saturated heterocycles. The summed E-state index contributed by atoms with van der Waals surface area (Å²) < 4.78 is 10.6. The maximum absolute atomic E-state index is 12.1. The number of carbonyl (C=O) groups excluding carboxylic acids is 2. The molecule has 0 radical (unpaired) electrons. The molecule has 25 heavy (non-hydrogen) atoms. The highest BCUT2D eigenvalue weighted by Gasteiger charge is 2.31. The van der Waals surface area contributed by atoms with Crippen LogP contribution in [0.5, 0.6) is 0 Å². The van der Waals surface area contributed by atoms with Crippen molar-refractivity contribution in [3.63, 3.8) is 0 Å². The number of carbonyl (C=O) groups is 2. The van der Waals surface area contributed by atoms with Crippen LogP contribution in [0, 0.1) is 11.8 Å². The highest BCUT2D eigenvalue weighted by atomic mass is 16.5. The molecule has 0 spiro atoms. The van der Waals surface area contributed by atoms with Crippen molar-refractivity contribution in [2.45, 2.75) is 97.3 Å². The summed E-state index contributed by atoms with van der Waals surface area (Å²) in [6.45, 7) is 5.28. The van der Waals surface area contributed by atoms with Crippen LogP contribution in [-0.2, 0) is 19.1 Å². The van der Waals surface area contributed by atoms with Gasteiger partial charge in [0.15, 0.2) is 0 Å². The lowest BCUT2D eigenvalue weighted by atomic mass is 9.82. The first-order chi connectivity index (χ1) is 12.2. The van der Waals surface area contributed by atoms with Crippen molar-refractivity contribution >= 4 is 11.9 Å². The van der Waals surface area contributed by atoms with Crippen molar-refractivity contribution in [1.29, 1.82) is 0 Å². The van der Waals surface area contributed by atoms with E-state index in [1.807, 2.05) is 6.92 Å². The van der Waals surface area contributed by atoms with Crippen molar-refractivity contribution < 1.29 is 19.1 Å². The van der Waals surface area contributed by atoms with Gasteiger partial charge in [-0.1, -0.05) is 58.8 Å². The van der Waals surface area contributed by atoms with Gasteiger partial charge in [0.1, 0.15) is 0 Å². The molecule has 0 aromatic heterocycles. The fourth-order valence-corrected chi connectivity index (χ4v) is 3.41. The zero-order chi connectivity index (χ0) is 18.3. The number of unbranched alkanes of at least 4 members (excludes halogenated alkanes) is 7. The van der Waals surface area contributed by atoms with Gasteiger partial charge in [-0.15, -0.1) is 0 Å². The van der Waals surface area contributed by atoms with Gasteiger partial charge in [-0.05, 0) is 38.5 Å². The van der Waals surface area contributed by atoms with E-state index >= 15 is 0 Å². The summed E-state index contributed by atoms with van der Waals surface area (Å²) in [7, 11) is 0. The molecule has 4 nitrogen and oxygen atoms in total. The zero-order valence-corrected chi connectivity index (χ0v) is 16.4. The third kappa shape index (κ3) is 9.86. The fraction of sp³-hybridized carbons (Fsp3) is 0.905. The van der Waals surface area contributed by atoms with Crippen LogP contribution in [0.25, 0.3) is 0 Å². The van der Waals surface area contributed by atoms with E-state index in [4.69, 9.17) is 9.47 Å². The molecule has 1 aliphatic rings. The standard InChI is InChI=1S/C21H38O4/c1-3-5-6-7-8-9-10-11-17-25-21(23)19-14-12-18(13-15-19)20(22)24-16-4-2/h18-19H,3-17H2,1-2H3. The van der Waals surface area contributed by atoms with Crippen LogP contribution in [-0.4, -0.2) is 25.2 Å². The predicted octanol–water partition coefficient (Wildman–Crippen LogP) is 5.43. The molecule has 0 heterocycles. The number of rotatable bonds is 13. The van der Waals surface area contributed by atoms with Crippen molar-refractivity contribution in [1.82, 2.24) is 0 Å². The van der Waals surface area contributed by atoms with Crippen LogP contribution in [0.15, 0.2) is 0 Å². The number of hydrogen-bond donors (Lipinski definition) is 0. The van der Waals surface area contributed by atoms with Crippen LogP contribution in [0.4, 0.5) is 0 Å². The Labute approximate surface area is 154 Å². The number of ether oxygens (including phenoxy) is 2. The first kappa shape index (κ1) is 22.0. The van der Waals surface area contributed by atoms with Crippen molar-refractivity contribution in [2.24, 2.45) is 11.8 Å². The third-order valence-electron chi connectivity index (χ3n) is 5.08. The molecule has 0 aliphatic heterocycles. The predicted molar refractivity (Wildman–Crippen MR) is 100 cm³/mol. The molecule has 1 fully saturated rings. The molecule has 0 aromatic rings. The average molecular weight is 355 g/mol. The fourth-order valence-electron chi connectivity index (χ4n) is 3.41. The molecule has 1 aliphatic carbocycles. The van der Waals surface area contributed by atoms with Gasteiger partial charge in [0.2, 0.25) is 0 Å². The van der Waals surface area contributed by atoms with Crippen LogP contribution in [0.1, 0.15) is 97.3 Å². The average Bonchev–Trinajstić information content (AvgIpc) is 2.64. The van der Waals surface area contributed by atoms with Gasteiger partial charge >= 0.3 is 11.9 Å². The summed E-state index contributed by atoms with van der Waals surface area (Å²) in [6, 6.07) is 0. The first-order valence-corrected chi connectivity index (χ1v) is 10.5. The van der Waals surface area contributed by atoms with E-state index in [1.54, 1.807) is 0 Å². The summed E-state index contributed by atoms with van der Waals surface area (Å²) >= 11 is 0. The summed E-state index contributed by atoms with van der Waals surface area (Å²) in [5, 5.41) is 0. The van der Waals surface area contributed by atoms with E-state index in [0.29, 0.717) is 13.2 Å². The highest BCUT2D eigenvalue weighted by molar-refractivity contribution is 5.75. The second-order valence-corrected chi connectivity index (χ2v) is 7.36. The normalized spacial score (nSPS) is 20.2. The molecular weight excluding hydrogens is 316 g/mol. The van der Waals surface area contributed by atoms with E-state index in [9.17, 15) is 9.59 Å². The number of esters is 2. The Morgan fingerprint density at radius 3 is 1.56 bits per heavy atom. The van der Waals surface area contributed by atoms with E-state index < -0.39 is 0 Å². The maximum atomic E-state index is 12.1. The maximum Gasteiger partial charge on any atom is 0.308 e. The Hall–Kier alpha value is -1.06. The molecule has 0 bridgehead atoms. The van der Waals surface area contributed by atoms with E-state index in [-0.39, 0.29) is 23.8 Å². The monoisotopic (exact) mass is 354 g/mol. The largest absolute Gasteiger partial charge is 0.465 e. The Morgan fingerprint density at radius 2 is 1.08 bits per heavy atom. The number of hydrogen-bond acceptors (Lipinski definition) is 4. The third-order valence-corrected chi connectivity index (χ3v) is 5.08. The van der Waals surface area contributed by atoms with E-state index in [2.05, 4.69) is 6.92 Å². The lowest BCUT2D eigenvalue weighted by molar-refractivity contribution is -0.155. The molecule has 1 rings (SSSR count). The Bertz CT molecular complexity index is 359. The van der Waals surface area contributed by atoms with Gasteiger partial charge < -0.3 is 9.47 Å². The van der Waals surface area contributed by atoms with Gasteiger partial charge in [0, 0.05) is 0 Å². The molecule has 0 amide bonds. The minimum absolute atomic E-state index is 0.0238. The Morgan fingerprint density at radius 1 is 0.640 bits per heavy atom. The van der Waals surface area contributed by atoms with E-state index in [0.717, 1.165) is 44.9 Å². The zero-order valence-electron chi connectivity index (χ0n) is 16.4. The molecule has 0 aromatic carbocycles. The summed E-state index contributed by atoms with van der Waals surface area (Å²) in [5.41, 5.74) is 0. The second-order valence-electron chi connectivity index (χ2n) is 7.36. The summed E-state index contributed by atoms with van der Waals surface area (Å²) in [4.78, 5) is 24.0. The lowest BCUT2D eigenvalue weighted by Crippen LogP contribution is -2.28. The quantitative estimate of drug-likeness (QED) is 0.327. The molecule has 0 atom stereocenters. The molecular formula is C21H38O4. The SMILES string of the molecule is CCCCCCCCCCOC(=O)C1CCC(C(=O)OCCC)CC1. The van der Waals surface area contributed by atoms with Crippen LogP contribution in [0.2, 0.25) is 0 Å². The summed E-state index contributed by atoms with van der Waals surface area (Å²) in [5.74, 6) is -0.205. The van der Waals surface area contributed by atoms with Crippen molar-refractivity contribution in [3.8, 4) is 0 Å². The van der Waals surface area contributed by atoms with Crippen LogP contribution in [0.3, 0.4) is 0 Å². The second kappa shape index (κ2) is 14.1. The summed E-state index contributed by atoms with van der Waals surface area (Å²) in [6.07, 6.45) is 13.8. The van der Waals surface area contributed by atoms with Crippen LogP contribution >= 0.6 is 0 Å². The molecule has 146 valence electrons. The Balaban J connectivity index is 2.02. The van der Waals surface area contributed by atoms with Gasteiger partial charge in [-0.3, -0.25) is 9.59 Å². The molecule has 0 N–H and O–H groups in total. The van der Waals surface area contributed by atoms with Gasteiger partial charge in [0.05, 0.1) is 25.0 Å². The molecule has 4 heteroatoms. The van der Waals surface area contributed by atoms with Crippen molar-refractivity contribution in [2.75, 3.05) is 13.2 Å². The van der Waals surface area contributed by atoms with Crippen molar-refractivity contribution in [3.05, 3.63) is 0 Å². The molecule has 1 saturated carbocycles. The lowest BCUT2D eigenvalue weighted by Gasteiger charge is -2.25. The topological polar surface area (TPSA) is 52.6 Å². The van der Waals surface area contributed by atoms with Gasteiger partial charge in [-0.2, -0.15) is 0 Å². The Kier molecular flexibility index (Phi) is 12.4. The smallest absolute Gasteiger partial charge is 0.308 e.